The maximum absolute atomic E-state index is 12.5. The molecular formula is C20H28N4O3. The van der Waals surface area contributed by atoms with Crippen molar-refractivity contribution in [2.75, 3.05) is 53.4 Å². The van der Waals surface area contributed by atoms with E-state index in [4.69, 9.17) is 0 Å². The van der Waals surface area contributed by atoms with E-state index in [0.717, 1.165) is 0 Å². The first-order valence-corrected chi connectivity index (χ1v) is 9.52. The van der Waals surface area contributed by atoms with E-state index in [2.05, 4.69) is 5.32 Å². The Morgan fingerprint density at radius 1 is 1.11 bits per heavy atom. The number of carbonyl (C=O) groups excluding carboxylic acids is 3. The van der Waals surface area contributed by atoms with E-state index in [1.165, 1.54) is 18.4 Å². The summed E-state index contributed by atoms with van der Waals surface area (Å²) in [5.74, 6) is 0.553. The fraction of sp³-hybridized carbons (Fsp3) is 0.550. The molecule has 1 heterocycles. The molecule has 2 fully saturated rings. The van der Waals surface area contributed by atoms with E-state index in [0.29, 0.717) is 37.7 Å². The average molecular weight is 372 g/mol. The van der Waals surface area contributed by atoms with E-state index < -0.39 is 0 Å². The third-order valence-corrected chi connectivity index (χ3v) is 5.23. The summed E-state index contributed by atoms with van der Waals surface area (Å²) in [6, 6.07) is 7.87. The lowest BCUT2D eigenvalue weighted by molar-refractivity contribution is -0.132. The van der Waals surface area contributed by atoms with Crippen LogP contribution in [0.1, 0.15) is 34.7 Å². The SMILES string of the molecule is CN(CCN(C)C(=O)c1ccc(C2CC2)cc1)C(=O)CN1CCNC(=O)C1. The number of likely N-dealkylation sites (N-methyl/N-ethyl adjacent to an activating group) is 2. The number of hydrogen-bond donors (Lipinski definition) is 1. The minimum Gasteiger partial charge on any atom is -0.354 e. The van der Waals surface area contributed by atoms with Crippen LogP contribution < -0.4 is 5.32 Å². The van der Waals surface area contributed by atoms with Gasteiger partial charge in [-0.1, -0.05) is 12.1 Å². The van der Waals surface area contributed by atoms with Gasteiger partial charge < -0.3 is 15.1 Å². The van der Waals surface area contributed by atoms with E-state index >= 15 is 0 Å². The molecule has 1 aliphatic carbocycles. The molecular weight excluding hydrogens is 344 g/mol. The Hall–Kier alpha value is -2.41. The highest BCUT2D eigenvalue weighted by Gasteiger charge is 2.24. The van der Waals surface area contributed by atoms with Gasteiger partial charge in [-0.25, -0.2) is 0 Å². The molecule has 0 radical (unpaired) electrons. The predicted octanol–water partition coefficient (Wildman–Crippen LogP) is 0.526. The van der Waals surface area contributed by atoms with Crippen molar-refractivity contribution in [3.63, 3.8) is 0 Å². The molecule has 0 aromatic heterocycles. The smallest absolute Gasteiger partial charge is 0.253 e. The maximum Gasteiger partial charge on any atom is 0.253 e. The molecule has 1 N–H and O–H groups in total. The highest BCUT2D eigenvalue weighted by Crippen LogP contribution is 2.39. The van der Waals surface area contributed by atoms with Crippen molar-refractivity contribution in [1.82, 2.24) is 20.0 Å². The molecule has 1 aromatic rings. The van der Waals surface area contributed by atoms with E-state index in [-0.39, 0.29) is 30.8 Å². The third-order valence-electron chi connectivity index (χ3n) is 5.23. The monoisotopic (exact) mass is 372 g/mol. The summed E-state index contributed by atoms with van der Waals surface area (Å²) in [6.45, 7) is 2.67. The Kier molecular flexibility index (Phi) is 6.11. The summed E-state index contributed by atoms with van der Waals surface area (Å²) in [6.07, 6.45) is 2.49. The van der Waals surface area contributed by atoms with Gasteiger partial charge in [0.1, 0.15) is 0 Å². The standard InChI is InChI=1S/C20H28N4O3/c1-22(19(26)14-24-10-9-21-18(25)13-24)11-12-23(2)20(27)17-7-5-16(6-8-17)15-3-4-15/h5-8,15H,3-4,9-14H2,1-2H3,(H,21,25). The predicted molar refractivity (Wildman–Crippen MR) is 102 cm³/mol. The summed E-state index contributed by atoms with van der Waals surface area (Å²) < 4.78 is 0. The van der Waals surface area contributed by atoms with Gasteiger partial charge in [-0.15, -0.1) is 0 Å². The minimum absolute atomic E-state index is 0.0362. The van der Waals surface area contributed by atoms with E-state index in [1.807, 2.05) is 29.2 Å². The number of rotatable bonds is 7. The summed E-state index contributed by atoms with van der Waals surface area (Å²) in [4.78, 5) is 41.4. The van der Waals surface area contributed by atoms with Crippen LogP contribution in [0.2, 0.25) is 0 Å². The van der Waals surface area contributed by atoms with Crippen molar-refractivity contribution >= 4 is 17.7 Å². The number of nitrogens with zero attached hydrogens (tertiary/aromatic N) is 3. The molecule has 1 aromatic carbocycles. The van der Waals surface area contributed by atoms with Gasteiger partial charge in [-0.2, -0.15) is 0 Å². The summed E-state index contributed by atoms with van der Waals surface area (Å²) >= 11 is 0. The van der Waals surface area contributed by atoms with Crippen LogP contribution in [0.3, 0.4) is 0 Å². The Morgan fingerprint density at radius 3 is 2.41 bits per heavy atom. The van der Waals surface area contributed by atoms with Gasteiger partial charge >= 0.3 is 0 Å². The normalized spacial score (nSPS) is 17.3. The molecule has 2 aliphatic rings. The second-order valence-corrected chi connectivity index (χ2v) is 7.50. The van der Waals surface area contributed by atoms with Crippen LogP contribution in [-0.4, -0.2) is 85.8 Å². The maximum atomic E-state index is 12.5. The van der Waals surface area contributed by atoms with Gasteiger partial charge in [0.15, 0.2) is 0 Å². The van der Waals surface area contributed by atoms with Crippen LogP contribution in [0.25, 0.3) is 0 Å². The number of benzene rings is 1. The fourth-order valence-corrected chi connectivity index (χ4v) is 3.20. The summed E-state index contributed by atoms with van der Waals surface area (Å²) in [5, 5.41) is 2.75. The molecule has 1 saturated carbocycles. The van der Waals surface area contributed by atoms with Crippen molar-refractivity contribution < 1.29 is 14.4 Å². The molecule has 3 amide bonds. The molecule has 27 heavy (non-hydrogen) atoms. The Balaban J connectivity index is 1.44. The Bertz CT molecular complexity index is 700. The zero-order valence-corrected chi connectivity index (χ0v) is 16.1. The van der Waals surface area contributed by atoms with Crippen LogP contribution in [0.4, 0.5) is 0 Å². The van der Waals surface area contributed by atoms with Gasteiger partial charge in [0.25, 0.3) is 5.91 Å². The Labute approximate surface area is 160 Å². The molecule has 1 saturated heterocycles. The van der Waals surface area contributed by atoms with Gasteiger partial charge in [-0.3, -0.25) is 19.3 Å². The van der Waals surface area contributed by atoms with Crippen molar-refractivity contribution in [1.29, 1.82) is 0 Å². The largest absolute Gasteiger partial charge is 0.354 e. The Morgan fingerprint density at radius 2 is 1.78 bits per heavy atom. The first-order valence-electron chi connectivity index (χ1n) is 9.52. The molecule has 7 nitrogen and oxygen atoms in total. The molecule has 7 heteroatoms. The average Bonchev–Trinajstić information content (AvgIpc) is 3.50. The van der Waals surface area contributed by atoms with Crippen LogP contribution in [0.15, 0.2) is 24.3 Å². The number of piperazine rings is 1. The van der Waals surface area contributed by atoms with Crippen molar-refractivity contribution in [2.45, 2.75) is 18.8 Å². The lowest BCUT2D eigenvalue weighted by Crippen LogP contribution is -2.51. The number of amides is 3. The topological polar surface area (TPSA) is 73.0 Å². The molecule has 0 atom stereocenters. The van der Waals surface area contributed by atoms with Gasteiger partial charge in [0, 0.05) is 45.8 Å². The molecule has 0 spiro atoms. The van der Waals surface area contributed by atoms with Gasteiger partial charge in [0.2, 0.25) is 11.8 Å². The van der Waals surface area contributed by atoms with Crippen LogP contribution >= 0.6 is 0 Å². The highest BCUT2D eigenvalue weighted by molar-refractivity contribution is 5.94. The first-order chi connectivity index (χ1) is 12.9. The lowest BCUT2D eigenvalue weighted by atomic mass is 10.1. The number of nitrogens with one attached hydrogen (secondary N) is 1. The zero-order valence-electron chi connectivity index (χ0n) is 16.1. The van der Waals surface area contributed by atoms with Crippen LogP contribution in [0.5, 0.6) is 0 Å². The highest BCUT2D eigenvalue weighted by atomic mass is 16.2. The second kappa shape index (κ2) is 8.52. The van der Waals surface area contributed by atoms with E-state index in [1.54, 1.807) is 23.9 Å². The fourth-order valence-electron chi connectivity index (χ4n) is 3.20. The third kappa shape index (κ3) is 5.29. The molecule has 0 unspecified atom stereocenters. The number of carbonyl (C=O) groups is 3. The summed E-state index contributed by atoms with van der Waals surface area (Å²) in [7, 11) is 3.49. The molecule has 146 valence electrons. The van der Waals surface area contributed by atoms with Crippen molar-refractivity contribution in [3.05, 3.63) is 35.4 Å². The van der Waals surface area contributed by atoms with Gasteiger partial charge in [0.05, 0.1) is 13.1 Å². The minimum atomic E-state index is -0.0465. The van der Waals surface area contributed by atoms with E-state index in [9.17, 15) is 14.4 Å². The van der Waals surface area contributed by atoms with Crippen LogP contribution in [-0.2, 0) is 9.59 Å². The summed E-state index contributed by atoms with van der Waals surface area (Å²) in [5.41, 5.74) is 1.99. The quantitative estimate of drug-likeness (QED) is 0.758. The lowest BCUT2D eigenvalue weighted by Gasteiger charge is -2.28. The number of hydrogen-bond acceptors (Lipinski definition) is 4. The first kappa shape index (κ1) is 19.4. The second-order valence-electron chi connectivity index (χ2n) is 7.50. The zero-order chi connectivity index (χ0) is 19.4. The molecule has 0 bridgehead atoms. The molecule has 1 aliphatic heterocycles. The van der Waals surface area contributed by atoms with Crippen molar-refractivity contribution in [3.8, 4) is 0 Å². The van der Waals surface area contributed by atoms with Gasteiger partial charge in [-0.05, 0) is 36.5 Å². The molecule has 3 rings (SSSR count). The van der Waals surface area contributed by atoms with Crippen LogP contribution in [0, 0.1) is 0 Å². The van der Waals surface area contributed by atoms with Crippen molar-refractivity contribution in [2.24, 2.45) is 0 Å².